The Morgan fingerprint density at radius 1 is 1.33 bits per heavy atom. The van der Waals surface area contributed by atoms with Crippen molar-refractivity contribution >= 4 is 32.7 Å². The fourth-order valence-electron chi connectivity index (χ4n) is 2.69. The number of carboxylic acids is 1. The first-order valence-electron chi connectivity index (χ1n) is 7.94. The van der Waals surface area contributed by atoms with E-state index in [0.717, 1.165) is 39.7 Å². The lowest BCUT2D eigenvalue weighted by Crippen LogP contribution is -2.21. The molecule has 1 N–H and O–H groups in total. The van der Waals surface area contributed by atoms with Crippen LogP contribution >= 0.6 is 11.3 Å². The van der Waals surface area contributed by atoms with Crippen LogP contribution in [0, 0.1) is 6.92 Å². The topological polar surface area (TPSA) is 71.2 Å². The van der Waals surface area contributed by atoms with Crippen LogP contribution in [0.3, 0.4) is 0 Å². The summed E-state index contributed by atoms with van der Waals surface area (Å²) in [5, 5.41) is 14.3. The zero-order valence-corrected chi connectivity index (χ0v) is 14.8. The number of benzene rings is 1. The summed E-state index contributed by atoms with van der Waals surface area (Å²) in [5.41, 5.74) is 2.91. The monoisotopic (exact) mass is 344 g/mol. The highest BCUT2D eigenvalue weighted by atomic mass is 32.1. The Bertz CT molecular complexity index is 880. The van der Waals surface area contributed by atoms with Crippen LogP contribution in [0.4, 0.5) is 5.13 Å². The molecule has 0 amide bonds. The molecule has 2 aromatic heterocycles. The summed E-state index contributed by atoms with van der Waals surface area (Å²) < 4.78 is 2.85. The van der Waals surface area contributed by atoms with Gasteiger partial charge < -0.3 is 10.0 Å². The summed E-state index contributed by atoms with van der Waals surface area (Å²) in [7, 11) is 0. The minimum Gasteiger partial charge on any atom is -0.476 e. The fraction of sp³-hybridized carbons (Fsp3) is 0.353. The van der Waals surface area contributed by atoms with E-state index in [2.05, 4.69) is 29.9 Å². The van der Waals surface area contributed by atoms with Gasteiger partial charge in [0, 0.05) is 24.3 Å². The molecule has 3 aromatic rings. The van der Waals surface area contributed by atoms with Gasteiger partial charge in [-0.3, -0.25) is 4.68 Å². The molecular formula is C17H20N4O2S. The first-order valence-corrected chi connectivity index (χ1v) is 8.76. The molecule has 0 aliphatic rings. The zero-order chi connectivity index (χ0) is 17.3. The van der Waals surface area contributed by atoms with Gasteiger partial charge in [-0.2, -0.15) is 5.10 Å². The minimum atomic E-state index is -1.01. The van der Waals surface area contributed by atoms with Gasteiger partial charge in [0.05, 0.1) is 16.8 Å². The molecule has 0 bridgehead atoms. The first-order chi connectivity index (χ1) is 11.5. The number of fused-ring (bicyclic) bond motifs is 1. The molecule has 0 aliphatic carbocycles. The molecule has 0 atom stereocenters. The second kappa shape index (κ2) is 6.60. The Labute approximate surface area is 144 Å². The number of aromatic carboxylic acids is 1. The summed E-state index contributed by atoms with van der Waals surface area (Å²) in [5.74, 6) is -1.01. The number of anilines is 1. The van der Waals surface area contributed by atoms with Gasteiger partial charge in [0.25, 0.3) is 0 Å². The van der Waals surface area contributed by atoms with Crippen molar-refractivity contribution in [1.29, 1.82) is 0 Å². The third-order valence-corrected chi connectivity index (χ3v) is 5.13. The van der Waals surface area contributed by atoms with Crippen molar-refractivity contribution in [3.63, 3.8) is 0 Å². The van der Waals surface area contributed by atoms with Crippen molar-refractivity contribution in [2.75, 3.05) is 18.0 Å². The number of hydrogen-bond donors (Lipinski definition) is 1. The van der Waals surface area contributed by atoms with Crippen molar-refractivity contribution in [2.45, 2.75) is 27.3 Å². The summed E-state index contributed by atoms with van der Waals surface area (Å²) in [6.45, 7) is 8.46. The van der Waals surface area contributed by atoms with E-state index in [1.54, 1.807) is 22.1 Å². The van der Waals surface area contributed by atoms with Gasteiger partial charge in [-0.1, -0.05) is 23.5 Å². The molecule has 126 valence electrons. The molecule has 3 rings (SSSR count). The predicted octanol–water partition coefficient (Wildman–Crippen LogP) is 3.39. The van der Waals surface area contributed by atoms with Crippen LogP contribution in [-0.4, -0.2) is 38.9 Å². The average Bonchev–Trinajstić information content (AvgIpc) is 3.14. The van der Waals surface area contributed by atoms with Gasteiger partial charge in [0.1, 0.15) is 0 Å². The standard InChI is InChI=1S/C17H20N4O2S/c1-4-20(5-2)17-18-15-12(7-6-8-14(15)24-17)10-21-11(3)9-13(19-21)16(22)23/h6-9H,4-5,10H2,1-3H3,(H,22,23). The summed E-state index contributed by atoms with van der Waals surface area (Å²) in [4.78, 5) is 18.1. The van der Waals surface area contributed by atoms with Gasteiger partial charge in [-0.25, -0.2) is 9.78 Å². The van der Waals surface area contributed by atoms with Gasteiger partial charge in [-0.05, 0) is 32.9 Å². The summed E-state index contributed by atoms with van der Waals surface area (Å²) in [6.07, 6.45) is 0. The third-order valence-electron chi connectivity index (χ3n) is 4.05. The van der Waals surface area contributed by atoms with Crippen molar-refractivity contribution in [1.82, 2.24) is 14.8 Å². The Balaban J connectivity index is 1.99. The van der Waals surface area contributed by atoms with E-state index in [1.165, 1.54) is 0 Å². The lowest BCUT2D eigenvalue weighted by molar-refractivity contribution is 0.0689. The maximum absolute atomic E-state index is 11.1. The van der Waals surface area contributed by atoms with Crippen molar-refractivity contribution in [3.8, 4) is 0 Å². The Hall–Kier alpha value is -2.41. The number of aryl methyl sites for hydroxylation is 1. The van der Waals surface area contributed by atoms with E-state index < -0.39 is 5.97 Å². The number of rotatable bonds is 6. The maximum Gasteiger partial charge on any atom is 0.356 e. The molecule has 7 heteroatoms. The van der Waals surface area contributed by atoms with Crippen LogP contribution in [0.1, 0.15) is 35.6 Å². The second-order valence-corrected chi connectivity index (χ2v) is 6.58. The van der Waals surface area contributed by atoms with Gasteiger partial charge in [-0.15, -0.1) is 0 Å². The predicted molar refractivity (Wildman–Crippen MR) is 96.2 cm³/mol. The van der Waals surface area contributed by atoms with Gasteiger partial charge >= 0.3 is 5.97 Å². The maximum atomic E-state index is 11.1. The van der Waals surface area contributed by atoms with Crippen LogP contribution < -0.4 is 4.90 Å². The van der Waals surface area contributed by atoms with E-state index in [-0.39, 0.29) is 5.69 Å². The Morgan fingerprint density at radius 3 is 2.71 bits per heavy atom. The largest absolute Gasteiger partial charge is 0.476 e. The fourth-order valence-corrected chi connectivity index (χ4v) is 3.83. The quantitative estimate of drug-likeness (QED) is 0.742. The Morgan fingerprint density at radius 2 is 2.08 bits per heavy atom. The third kappa shape index (κ3) is 2.99. The molecule has 0 saturated heterocycles. The van der Waals surface area contributed by atoms with Gasteiger partial charge in [0.15, 0.2) is 10.8 Å². The molecular weight excluding hydrogens is 324 g/mol. The van der Waals surface area contributed by atoms with Crippen LogP contribution in [0.5, 0.6) is 0 Å². The lowest BCUT2D eigenvalue weighted by atomic mass is 10.2. The number of hydrogen-bond acceptors (Lipinski definition) is 5. The van der Waals surface area contributed by atoms with Crippen LogP contribution in [0.2, 0.25) is 0 Å². The van der Waals surface area contributed by atoms with Crippen LogP contribution in [0.25, 0.3) is 10.2 Å². The summed E-state index contributed by atoms with van der Waals surface area (Å²) in [6, 6.07) is 7.70. The van der Waals surface area contributed by atoms with E-state index in [1.807, 2.05) is 19.1 Å². The normalized spacial score (nSPS) is 11.1. The molecule has 0 radical (unpaired) electrons. The van der Waals surface area contributed by atoms with E-state index in [4.69, 9.17) is 10.1 Å². The van der Waals surface area contributed by atoms with Crippen molar-refractivity contribution in [2.24, 2.45) is 0 Å². The van der Waals surface area contributed by atoms with Crippen LogP contribution in [0.15, 0.2) is 24.3 Å². The molecule has 0 fully saturated rings. The lowest BCUT2D eigenvalue weighted by Gasteiger charge is -2.16. The SMILES string of the molecule is CCN(CC)c1nc2c(Cn3nc(C(=O)O)cc3C)cccc2s1. The minimum absolute atomic E-state index is 0.0711. The average molecular weight is 344 g/mol. The highest BCUT2D eigenvalue weighted by Gasteiger charge is 2.15. The number of thiazole rings is 1. The molecule has 0 unspecified atom stereocenters. The molecule has 6 nitrogen and oxygen atoms in total. The number of aromatic nitrogens is 3. The van der Waals surface area contributed by atoms with E-state index >= 15 is 0 Å². The van der Waals surface area contributed by atoms with E-state index in [9.17, 15) is 4.79 Å². The molecule has 24 heavy (non-hydrogen) atoms. The van der Waals surface area contributed by atoms with Crippen LogP contribution in [-0.2, 0) is 6.54 Å². The number of carboxylic acid groups (broad SMARTS) is 1. The number of para-hydroxylation sites is 1. The van der Waals surface area contributed by atoms with Crippen molar-refractivity contribution < 1.29 is 9.90 Å². The number of nitrogens with zero attached hydrogens (tertiary/aromatic N) is 4. The van der Waals surface area contributed by atoms with Gasteiger partial charge in [0.2, 0.25) is 0 Å². The highest BCUT2D eigenvalue weighted by molar-refractivity contribution is 7.22. The molecule has 0 saturated carbocycles. The van der Waals surface area contributed by atoms with E-state index in [0.29, 0.717) is 6.54 Å². The first kappa shape index (κ1) is 16.4. The number of carbonyl (C=O) groups is 1. The second-order valence-electron chi connectivity index (χ2n) is 5.57. The zero-order valence-electron chi connectivity index (χ0n) is 14.0. The molecule has 0 aliphatic heterocycles. The van der Waals surface area contributed by atoms with Crippen molar-refractivity contribution in [3.05, 3.63) is 41.2 Å². The molecule has 0 spiro atoms. The highest BCUT2D eigenvalue weighted by Crippen LogP contribution is 2.31. The molecule has 2 heterocycles. The molecule has 1 aromatic carbocycles. The Kier molecular flexibility index (Phi) is 4.53. The smallest absolute Gasteiger partial charge is 0.356 e. The summed E-state index contributed by atoms with van der Waals surface area (Å²) >= 11 is 1.68.